The Bertz CT molecular complexity index is 299. The predicted molar refractivity (Wildman–Crippen MR) is 57.4 cm³/mol. The predicted octanol–water partition coefficient (Wildman–Crippen LogP) is 3.03. The SMILES string of the molecule is N#CCCC1C2C=CC(C2)C1CCC#N. The summed E-state index contributed by atoms with van der Waals surface area (Å²) in [5, 5.41) is 17.3. The average Bonchev–Trinajstić information content (AvgIpc) is 2.83. The van der Waals surface area contributed by atoms with E-state index in [4.69, 9.17) is 10.5 Å². The van der Waals surface area contributed by atoms with Crippen LogP contribution in [0.3, 0.4) is 0 Å². The molecule has 0 aromatic rings. The van der Waals surface area contributed by atoms with Crippen molar-refractivity contribution < 1.29 is 0 Å². The average molecular weight is 200 g/mol. The zero-order valence-corrected chi connectivity index (χ0v) is 8.89. The minimum Gasteiger partial charge on any atom is -0.198 e. The van der Waals surface area contributed by atoms with Crippen LogP contribution in [0.25, 0.3) is 0 Å². The number of nitrogens with zero attached hydrogens (tertiary/aromatic N) is 2. The van der Waals surface area contributed by atoms with Gasteiger partial charge in [-0.2, -0.15) is 10.5 Å². The third-order valence-corrected chi connectivity index (χ3v) is 3.98. The van der Waals surface area contributed by atoms with E-state index in [1.807, 2.05) is 0 Å². The highest BCUT2D eigenvalue weighted by Gasteiger charge is 2.43. The van der Waals surface area contributed by atoms with Gasteiger partial charge < -0.3 is 0 Å². The molecule has 2 rings (SSSR count). The van der Waals surface area contributed by atoms with Crippen LogP contribution >= 0.6 is 0 Å². The molecule has 1 saturated carbocycles. The quantitative estimate of drug-likeness (QED) is 0.655. The molecule has 0 spiro atoms. The molecule has 78 valence electrons. The second-order valence-electron chi connectivity index (χ2n) is 4.67. The number of hydrogen-bond donors (Lipinski definition) is 0. The Morgan fingerprint density at radius 3 is 1.80 bits per heavy atom. The van der Waals surface area contributed by atoms with Crippen LogP contribution in [0.1, 0.15) is 32.1 Å². The molecule has 0 radical (unpaired) electrons. The van der Waals surface area contributed by atoms with Crippen molar-refractivity contribution in [2.24, 2.45) is 23.7 Å². The van der Waals surface area contributed by atoms with Gasteiger partial charge in [0.25, 0.3) is 0 Å². The minimum absolute atomic E-state index is 0.671. The number of hydrogen-bond acceptors (Lipinski definition) is 2. The highest BCUT2D eigenvalue weighted by atomic mass is 14.5. The fraction of sp³-hybridized carbons (Fsp3) is 0.692. The molecule has 2 nitrogen and oxygen atoms in total. The zero-order valence-electron chi connectivity index (χ0n) is 8.89. The van der Waals surface area contributed by atoms with Crippen LogP contribution in [0, 0.1) is 46.3 Å². The Balaban J connectivity index is 1.98. The van der Waals surface area contributed by atoms with Crippen molar-refractivity contribution in [3.8, 4) is 12.1 Å². The molecule has 2 bridgehead atoms. The van der Waals surface area contributed by atoms with Crippen molar-refractivity contribution in [1.29, 1.82) is 10.5 Å². The topological polar surface area (TPSA) is 47.6 Å². The molecule has 0 amide bonds. The van der Waals surface area contributed by atoms with E-state index in [2.05, 4.69) is 24.3 Å². The third-order valence-electron chi connectivity index (χ3n) is 3.98. The standard InChI is InChI=1S/C13H16N2/c14-7-1-3-12-10-5-6-11(9-10)13(12)4-2-8-15/h5-6,10-13H,1-4,9H2. The maximum atomic E-state index is 8.64. The monoisotopic (exact) mass is 200 g/mol. The second kappa shape index (κ2) is 4.49. The van der Waals surface area contributed by atoms with Crippen LogP contribution < -0.4 is 0 Å². The molecular formula is C13H16N2. The molecular weight excluding hydrogens is 184 g/mol. The van der Waals surface area contributed by atoms with Crippen molar-refractivity contribution in [3.05, 3.63) is 12.2 Å². The Hall–Kier alpha value is -1.28. The summed E-state index contributed by atoms with van der Waals surface area (Å²) < 4.78 is 0. The number of nitriles is 2. The largest absolute Gasteiger partial charge is 0.198 e. The molecule has 0 N–H and O–H groups in total. The normalized spacial score (nSPS) is 36.4. The first-order valence-electron chi connectivity index (χ1n) is 5.79. The molecule has 0 aliphatic heterocycles. The lowest BCUT2D eigenvalue weighted by atomic mass is 9.78. The first-order valence-corrected chi connectivity index (χ1v) is 5.79. The first kappa shape index (κ1) is 10.2. The summed E-state index contributed by atoms with van der Waals surface area (Å²) in [6.45, 7) is 0. The van der Waals surface area contributed by atoms with Crippen molar-refractivity contribution in [2.45, 2.75) is 32.1 Å². The molecule has 2 aliphatic rings. The Morgan fingerprint density at radius 2 is 1.40 bits per heavy atom. The van der Waals surface area contributed by atoms with Crippen LogP contribution in [0.15, 0.2) is 12.2 Å². The lowest BCUT2D eigenvalue weighted by molar-refractivity contribution is 0.280. The maximum Gasteiger partial charge on any atom is 0.0621 e. The molecule has 15 heavy (non-hydrogen) atoms. The van der Waals surface area contributed by atoms with Crippen LogP contribution in [0.4, 0.5) is 0 Å². The summed E-state index contributed by atoms with van der Waals surface area (Å²) in [6, 6.07) is 4.48. The summed E-state index contributed by atoms with van der Waals surface area (Å²) in [5.41, 5.74) is 0. The van der Waals surface area contributed by atoms with Gasteiger partial charge in [0.1, 0.15) is 0 Å². The fourth-order valence-electron chi connectivity index (χ4n) is 3.35. The van der Waals surface area contributed by atoms with Crippen LogP contribution in [0.2, 0.25) is 0 Å². The lowest BCUT2D eigenvalue weighted by Gasteiger charge is -2.26. The van der Waals surface area contributed by atoms with E-state index >= 15 is 0 Å². The summed E-state index contributed by atoms with van der Waals surface area (Å²) in [5.74, 6) is 2.75. The van der Waals surface area contributed by atoms with Gasteiger partial charge in [-0.1, -0.05) is 12.2 Å². The molecule has 0 heterocycles. The molecule has 2 heteroatoms. The van der Waals surface area contributed by atoms with Gasteiger partial charge in [0.2, 0.25) is 0 Å². The zero-order chi connectivity index (χ0) is 10.7. The summed E-state index contributed by atoms with van der Waals surface area (Å²) >= 11 is 0. The van der Waals surface area contributed by atoms with Crippen LogP contribution in [-0.2, 0) is 0 Å². The summed E-state index contributed by atoms with van der Waals surface area (Å²) in [7, 11) is 0. The van der Waals surface area contributed by atoms with E-state index in [9.17, 15) is 0 Å². The second-order valence-corrected chi connectivity index (χ2v) is 4.67. The van der Waals surface area contributed by atoms with Crippen molar-refractivity contribution in [1.82, 2.24) is 0 Å². The van der Waals surface area contributed by atoms with E-state index in [1.54, 1.807) is 0 Å². The van der Waals surface area contributed by atoms with Crippen molar-refractivity contribution >= 4 is 0 Å². The summed E-state index contributed by atoms with van der Waals surface area (Å²) in [6.07, 6.45) is 9.32. The summed E-state index contributed by atoms with van der Waals surface area (Å²) in [4.78, 5) is 0. The Morgan fingerprint density at radius 1 is 0.933 bits per heavy atom. The van der Waals surface area contributed by atoms with E-state index in [0.717, 1.165) is 12.8 Å². The van der Waals surface area contributed by atoms with Crippen molar-refractivity contribution in [2.75, 3.05) is 0 Å². The smallest absolute Gasteiger partial charge is 0.0621 e. The molecule has 1 fully saturated rings. The molecule has 4 atom stereocenters. The van der Waals surface area contributed by atoms with Crippen LogP contribution in [0.5, 0.6) is 0 Å². The Labute approximate surface area is 91.2 Å². The minimum atomic E-state index is 0.671. The van der Waals surface area contributed by atoms with Gasteiger partial charge in [-0.05, 0) is 42.9 Å². The molecule has 0 aromatic heterocycles. The molecule has 2 aliphatic carbocycles. The van der Waals surface area contributed by atoms with Crippen LogP contribution in [-0.4, -0.2) is 0 Å². The number of rotatable bonds is 4. The Kier molecular flexibility index (Phi) is 3.07. The molecule has 4 unspecified atom stereocenters. The fourth-order valence-corrected chi connectivity index (χ4v) is 3.35. The molecule has 0 aromatic carbocycles. The highest BCUT2D eigenvalue weighted by molar-refractivity contribution is 5.13. The van der Waals surface area contributed by atoms with Crippen molar-refractivity contribution in [3.63, 3.8) is 0 Å². The van der Waals surface area contributed by atoms with Gasteiger partial charge in [0, 0.05) is 12.8 Å². The number of allylic oxidation sites excluding steroid dienone is 2. The van der Waals surface area contributed by atoms with Gasteiger partial charge in [-0.25, -0.2) is 0 Å². The third kappa shape index (κ3) is 1.90. The molecule has 0 saturated heterocycles. The van der Waals surface area contributed by atoms with Gasteiger partial charge >= 0.3 is 0 Å². The first-order chi connectivity index (χ1) is 7.36. The van der Waals surface area contributed by atoms with E-state index in [1.165, 1.54) is 6.42 Å². The van der Waals surface area contributed by atoms with Gasteiger partial charge in [-0.3, -0.25) is 0 Å². The highest BCUT2D eigenvalue weighted by Crippen LogP contribution is 2.51. The van der Waals surface area contributed by atoms with Gasteiger partial charge in [-0.15, -0.1) is 0 Å². The number of fused-ring (bicyclic) bond motifs is 2. The van der Waals surface area contributed by atoms with E-state index in [-0.39, 0.29) is 0 Å². The van der Waals surface area contributed by atoms with Gasteiger partial charge in [0.15, 0.2) is 0 Å². The maximum absolute atomic E-state index is 8.64. The lowest BCUT2D eigenvalue weighted by Crippen LogP contribution is -2.19. The van der Waals surface area contributed by atoms with Gasteiger partial charge in [0.05, 0.1) is 12.1 Å². The van der Waals surface area contributed by atoms with E-state index in [0.29, 0.717) is 36.5 Å². The van der Waals surface area contributed by atoms with E-state index < -0.39 is 0 Å².